The van der Waals surface area contributed by atoms with Gasteiger partial charge in [0, 0.05) is 36.6 Å². The number of benzene rings is 1. The Morgan fingerprint density at radius 1 is 1.08 bits per heavy atom. The molecule has 2 aliphatic rings. The molecule has 0 N–H and O–H groups in total. The molecule has 2 heterocycles. The zero-order valence-corrected chi connectivity index (χ0v) is 15.9. The molecule has 0 bridgehead atoms. The second-order valence-electron chi connectivity index (χ2n) is 7.28. The van der Waals surface area contributed by atoms with Crippen molar-refractivity contribution >= 4 is 17.2 Å². The maximum atomic E-state index is 12.8. The number of thiazole rings is 1. The Labute approximate surface area is 153 Å². The second-order valence-corrected chi connectivity index (χ2v) is 8.44. The van der Waals surface area contributed by atoms with E-state index in [1.165, 1.54) is 28.4 Å². The van der Waals surface area contributed by atoms with E-state index >= 15 is 0 Å². The van der Waals surface area contributed by atoms with Crippen LogP contribution in [0.5, 0.6) is 0 Å². The summed E-state index contributed by atoms with van der Waals surface area (Å²) in [6, 6.07) is 6.11. The highest BCUT2D eigenvalue weighted by Gasteiger charge is 2.24. The molecule has 1 amide bonds. The van der Waals surface area contributed by atoms with Crippen LogP contribution in [0.25, 0.3) is 0 Å². The Morgan fingerprint density at radius 3 is 2.48 bits per heavy atom. The summed E-state index contributed by atoms with van der Waals surface area (Å²) in [7, 11) is 0. The lowest BCUT2D eigenvalue weighted by atomic mass is 10.1. The van der Waals surface area contributed by atoms with E-state index < -0.39 is 0 Å². The molecule has 1 aliphatic heterocycles. The average Bonchev–Trinajstić information content (AvgIpc) is 3.15. The van der Waals surface area contributed by atoms with Gasteiger partial charge in [-0.25, -0.2) is 4.98 Å². The molecular weight excluding hydrogens is 330 g/mol. The van der Waals surface area contributed by atoms with E-state index in [4.69, 9.17) is 4.98 Å². The highest BCUT2D eigenvalue weighted by molar-refractivity contribution is 7.11. The van der Waals surface area contributed by atoms with Crippen molar-refractivity contribution in [3.05, 3.63) is 50.5 Å². The van der Waals surface area contributed by atoms with E-state index in [2.05, 4.69) is 11.0 Å². The summed E-state index contributed by atoms with van der Waals surface area (Å²) in [6.45, 7) is 8.50. The summed E-state index contributed by atoms with van der Waals surface area (Å²) in [4.78, 5) is 23.5. The number of fused-ring (bicyclic) bond motifs is 1. The highest BCUT2D eigenvalue weighted by atomic mass is 32.1. The summed E-state index contributed by atoms with van der Waals surface area (Å²) in [5.74, 6) is 0.166. The summed E-state index contributed by atoms with van der Waals surface area (Å²) in [6.07, 6.45) is 3.64. The number of carbonyl (C=O) groups is 1. The lowest BCUT2D eigenvalue weighted by molar-refractivity contribution is 0.0628. The number of nitrogens with zero attached hydrogens (tertiary/aromatic N) is 3. The van der Waals surface area contributed by atoms with Gasteiger partial charge >= 0.3 is 0 Å². The van der Waals surface area contributed by atoms with Gasteiger partial charge in [-0.2, -0.15) is 0 Å². The number of piperazine rings is 1. The van der Waals surface area contributed by atoms with Crippen LogP contribution in [0.15, 0.2) is 18.2 Å². The predicted octanol–water partition coefficient (Wildman–Crippen LogP) is 3.21. The van der Waals surface area contributed by atoms with Crippen molar-refractivity contribution < 1.29 is 4.79 Å². The molecule has 0 unspecified atom stereocenters. The summed E-state index contributed by atoms with van der Waals surface area (Å²) >= 11 is 1.89. The van der Waals surface area contributed by atoms with Crippen LogP contribution in [0, 0.1) is 13.8 Å². The molecule has 25 heavy (non-hydrogen) atoms. The molecule has 0 atom stereocenters. The van der Waals surface area contributed by atoms with Crippen molar-refractivity contribution in [2.45, 2.75) is 39.7 Å². The van der Waals surface area contributed by atoms with Gasteiger partial charge in [-0.05, 0) is 45.2 Å². The minimum absolute atomic E-state index is 0.166. The molecule has 0 spiro atoms. The van der Waals surface area contributed by atoms with Gasteiger partial charge < -0.3 is 4.90 Å². The number of hydrogen-bond acceptors (Lipinski definition) is 4. The highest BCUT2D eigenvalue weighted by Crippen LogP contribution is 2.28. The number of hydrogen-bond donors (Lipinski definition) is 0. The molecule has 5 heteroatoms. The van der Waals surface area contributed by atoms with Crippen LogP contribution in [-0.2, 0) is 19.4 Å². The minimum Gasteiger partial charge on any atom is -0.336 e. The van der Waals surface area contributed by atoms with Crippen LogP contribution in [0.3, 0.4) is 0 Å². The molecule has 0 saturated carbocycles. The summed E-state index contributed by atoms with van der Waals surface area (Å²) < 4.78 is 0. The Kier molecular flexibility index (Phi) is 4.61. The van der Waals surface area contributed by atoms with Gasteiger partial charge in [-0.1, -0.05) is 17.2 Å². The van der Waals surface area contributed by atoms with E-state index in [1.54, 1.807) is 0 Å². The van der Waals surface area contributed by atoms with E-state index in [-0.39, 0.29) is 5.91 Å². The van der Waals surface area contributed by atoms with Crippen LogP contribution in [-0.4, -0.2) is 46.9 Å². The standard InChI is InChI=1S/C20H25N3OS/c1-14-10-15(2)12-16(11-14)20(24)23-8-6-22(7-9-23)13-19-21-17-4-3-5-18(17)25-19/h10-12H,3-9,13H2,1-2H3. The Morgan fingerprint density at radius 2 is 1.80 bits per heavy atom. The quantitative estimate of drug-likeness (QED) is 0.848. The van der Waals surface area contributed by atoms with Gasteiger partial charge in [0.1, 0.15) is 5.01 Å². The van der Waals surface area contributed by atoms with Crippen molar-refractivity contribution in [2.75, 3.05) is 26.2 Å². The Balaban J connectivity index is 1.35. The second kappa shape index (κ2) is 6.89. The number of carbonyl (C=O) groups excluding carboxylic acids is 1. The van der Waals surface area contributed by atoms with Gasteiger partial charge in [-0.3, -0.25) is 9.69 Å². The van der Waals surface area contributed by atoms with Crippen molar-refractivity contribution in [1.82, 2.24) is 14.8 Å². The number of rotatable bonds is 3. The van der Waals surface area contributed by atoms with Crippen molar-refractivity contribution in [1.29, 1.82) is 0 Å². The van der Waals surface area contributed by atoms with E-state index in [1.807, 2.05) is 42.2 Å². The molecule has 1 aromatic heterocycles. The largest absolute Gasteiger partial charge is 0.336 e. The third kappa shape index (κ3) is 3.62. The molecule has 1 aliphatic carbocycles. The Bertz CT molecular complexity index is 748. The molecule has 4 nitrogen and oxygen atoms in total. The van der Waals surface area contributed by atoms with Crippen LogP contribution in [0.1, 0.15) is 43.5 Å². The predicted molar refractivity (Wildman–Crippen MR) is 101 cm³/mol. The van der Waals surface area contributed by atoms with Gasteiger partial charge in [0.25, 0.3) is 5.91 Å². The SMILES string of the molecule is Cc1cc(C)cc(C(=O)N2CCN(Cc3nc4c(s3)CCC4)CC2)c1. The van der Waals surface area contributed by atoms with Crippen LogP contribution < -0.4 is 0 Å². The topological polar surface area (TPSA) is 36.4 Å². The summed E-state index contributed by atoms with van der Waals surface area (Å²) in [5, 5.41) is 1.25. The minimum atomic E-state index is 0.166. The normalized spacial score (nSPS) is 17.8. The maximum Gasteiger partial charge on any atom is 0.253 e. The van der Waals surface area contributed by atoms with Crippen molar-refractivity contribution in [2.24, 2.45) is 0 Å². The molecule has 1 fully saturated rings. The molecular formula is C20H25N3OS. The molecule has 0 radical (unpaired) electrons. The van der Waals surface area contributed by atoms with Crippen LogP contribution >= 0.6 is 11.3 Å². The third-order valence-corrected chi connectivity index (χ3v) is 6.27. The first-order valence-electron chi connectivity index (χ1n) is 9.16. The smallest absolute Gasteiger partial charge is 0.253 e. The fourth-order valence-corrected chi connectivity index (χ4v) is 5.09. The van der Waals surface area contributed by atoms with Gasteiger partial charge in [0.15, 0.2) is 0 Å². The first-order valence-corrected chi connectivity index (χ1v) is 9.97. The Hall–Kier alpha value is -1.72. The monoisotopic (exact) mass is 355 g/mol. The zero-order chi connectivity index (χ0) is 17.4. The number of aromatic nitrogens is 1. The summed E-state index contributed by atoms with van der Waals surface area (Å²) in [5.41, 5.74) is 4.46. The molecule has 132 valence electrons. The first-order chi connectivity index (χ1) is 12.1. The third-order valence-electron chi connectivity index (χ3n) is 5.13. The van der Waals surface area contributed by atoms with E-state index in [0.29, 0.717) is 0 Å². The van der Waals surface area contributed by atoms with Crippen LogP contribution in [0.4, 0.5) is 0 Å². The molecule has 1 saturated heterocycles. The number of amides is 1. The zero-order valence-electron chi connectivity index (χ0n) is 15.0. The van der Waals surface area contributed by atoms with Crippen molar-refractivity contribution in [3.8, 4) is 0 Å². The van der Waals surface area contributed by atoms with Gasteiger partial charge in [0.05, 0.1) is 12.2 Å². The lowest BCUT2D eigenvalue weighted by Gasteiger charge is -2.34. The lowest BCUT2D eigenvalue weighted by Crippen LogP contribution is -2.48. The fourth-order valence-electron chi connectivity index (χ4n) is 3.89. The van der Waals surface area contributed by atoms with Crippen molar-refractivity contribution in [3.63, 3.8) is 0 Å². The fraction of sp³-hybridized carbons (Fsp3) is 0.500. The molecule has 4 rings (SSSR count). The average molecular weight is 356 g/mol. The maximum absolute atomic E-state index is 12.8. The van der Waals surface area contributed by atoms with Gasteiger partial charge in [0.2, 0.25) is 0 Å². The number of aryl methyl sites for hydroxylation is 4. The van der Waals surface area contributed by atoms with E-state index in [0.717, 1.165) is 55.8 Å². The van der Waals surface area contributed by atoms with E-state index in [9.17, 15) is 4.79 Å². The molecule has 1 aromatic carbocycles. The molecule has 2 aromatic rings. The van der Waals surface area contributed by atoms with Crippen LogP contribution in [0.2, 0.25) is 0 Å². The van der Waals surface area contributed by atoms with Gasteiger partial charge in [-0.15, -0.1) is 11.3 Å². The first kappa shape index (κ1) is 16.7.